The van der Waals surface area contributed by atoms with E-state index < -0.39 is 0 Å². The molecule has 1 aromatic carbocycles. The summed E-state index contributed by atoms with van der Waals surface area (Å²) in [5.41, 5.74) is 9.41. The highest BCUT2D eigenvalue weighted by Gasteiger charge is 2.13. The van der Waals surface area contributed by atoms with Gasteiger partial charge in [-0.3, -0.25) is 4.99 Å². The van der Waals surface area contributed by atoms with Crippen LogP contribution in [-0.2, 0) is 19.4 Å². The SMILES string of the molecule is Cc1cc(C)cc(NC(N)=NCCCc2nnc3n2CCCCC3)c1.I. The van der Waals surface area contributed by atoms with E-state index in [4.69, 9.17) is 5.73 Å². The molecule has 3 rings (SSSR count). The van der Waals surface area contributed by atoms with E-state index in [1.165, 1.54) is 30.4 Å². The normalized spacial score (nSPS) is 14.3. The maximum Gasteiger partial charge on any atom is 0.193 e. The maximum absolute atomic E-state index is 6.00. The molecule has 1 aliphatic heterocycles. The van der Waals surface area contributed by atoms with Gasteiger partial charge in [0.1, 0.15) is 11.6 Å². The molecular formula is C19H29IN6. The van der Waals surface area contributed by atoms with E-state index >= 15 is 0 Å². The zero-order chi connectivity index (χ0) is 17.6. The highest BCUT2D eigenvalue weighted by atomic mass is 127. The Balaban J connectivity index is 0.00000243. The van der Waals surface area contributed by atoms with Crippen molar-refractivity contribution < 1.29 is 0 Å². The summed E-state index contributed by atoms with van der Waals surface area (Å²) >= 11 is 0. The number of aliphatic imine (C=N–C) groups is 1. The van der Waals surface area contributed by atoms with Gasteiger partial charge in [-0.1, -0.05) is 12.5 Å². The molecule has 7 heteroatoms. The molecule has 0 unspecified atom stereocenters. The molecule has 0 aliphatic carbocycles. The summed E-state index contributed by atoms with van der Waals surface area (Å²) in [4.78, 5) is 4.43. The van der Waals surface area contributed by atoms with E-state index in [1.54, 1.807) is 0 Å². The van der Waals surface area contributed by atoms with Gasteiger partial charge in [0.15, 0.2) is 5.96 Å². The van der Waals surface area contributed by atoms with Crippen LogP contribution in [0.2, 0.25) is 0 Å². The molecule has 0 bridgehead atoms. The second-order valence-electron chi connectivity index (χ2n) is 6.87. The summed E-state index contributed by atoms with van der Waals surface area (Å²) < 4.78 is 2.30. The van der Waals surface area contributed by atoms with Gasteiger partial charge >= 0.3 is 0 Å². The number of fused-ring (bicyclic) bond motifs is 1. The van der Waals surface area contributed by atoms with Crippen LogP contribution in [0.1, 0.15) is 48.5 Å². The zero-order valence-electron chi connectivity index (χ0n) is 15.7. The maximum atomic E-state index is 6.00. The minimum Gasteiger partial charge on any atom is -0.370 e. The van der Waals surface area contributed by atoms with Crippen molar-refractivity contribution in [1.82, 2.24) is 14.8 Å². The molecule has 1 aromatic heterocycles. The first-order valence-electron chi connectivity index (χ1n) is 9.18. The summed E-state index contributed by atoms with van der Waals surface area (Å²) in [6.07, 6.45) is 6.61. The van der Waals surface area contributed by atoms with E-state index in [9.17, 15) is 0 Å². The molecule has 0 fully saturated rings. The lowest BCUT2D eigenvalue weighted by Crippen LogP contribution is -2.23. The number of guanidine groups is 1. The third kappa shape index (κ3) is 5.69. The molecule has 1 aliphatic rings. The van der Waals surface area contributed by atoms with Crippen LogP contribution in [0.3, 0.4) is 0 Å². The Morgan fingerprint density at radius 2 is 1.92 bits per heavy atom. The molecule has 0 saturated heterocycles. The Kier molecular flexibility index (Phi) is 7.86. The van der Waals surface area contributed by atoms with Crippen LogP contribution >= 0.6 is 24.0 Å². The van der Waals surface area contributed by atoms with Crippen LogP contribution in [-0.4, -0.2) is 27.3 Å². The molecule has 2 heterocycles. The fourth-order valence-electron chi connectivity index (χ4n) is 3.40. The Hall–Kier alpha value is -1.64. The van der Waals surface area contributed by atoms with Crippen molar-refractivity contribution in [1.29, 1.82) is 0 Å². The van der Waals surface area contributed by atoms with Crippen LogP contribution in [0.5, 0.6) is 0 Å². The van der Waals surface area contributed by atoms with Crippen molar-refractivity contribution in [2.75, 3.05) is 11.9 Å². The smallest absolute Gasteiger partial charge is 0.193 e. The van der Waals surface area contributed by atoms with Crippen molar-refractivity contribution >= 4 is 35.6 Å². The predicted octanol–water partition coefficient (Wildman–Crippen LogP) is 3.60. The molecule has 2 aromatic rings. The summed E-state index contributed by atoms with van der Waals surface area (Å²) in [6.45, 7) is 5.89. The molecule has 6 nitrogen and oxygen atoms in total. The number of hydrogen-bond acceptors (Lipinski definition) is 3. The van der Waals surface area contributed by atoms with Crippen molar-refractivity contribution in [3.8, 4) is 0 Å². The molecule has 0 radical (unpaired) electrons. The molecule has 0 saturated carbocycles. The van der Waals surface area contributed by atoms with E-state index in [0.29, 0.717) is 12.5 Å². The first kappa shape index (κ1) is 20.7. The topological polar surface area (TPSA) is 81.1 Å². The van der Waals surface area contributed by atoms with Crippen molar-refractivity contribution in [3.63, 3.8) is 0 Å². The second-order valence-corrected chi connectivity index (χ2v) is 6.87. The molecule has 0 amide bonds. The van der Waals surface area contributed by atoms with Gasteiger partial charge in [0.05, 0.1) is 0 Å². The number of nitrogens with two attached hydrogens (primary N) is 1. The van der Waals surface area contributed by atoms with E-state index in [0.717, 1.165) is 43.1 Å². The molecule has 0 atom stereocenters. The standard InChI is InChI=1S/C19H28N6.HI/c1-14-11-15(2)13-16(12-14)22-19(20)21-9-6-8-18-24-23-17-7-4-3-5-10-25(17)18;/h11-13H,3-10H2,1-2H3,(H3,20,21,22);1H. The van der Waals surface area contributed by atoms with Gasteiger partial charge in [-0.05, 0) is 56.4 Å². The zero-order valence-corrected chi connectivity index (χ0v) is 18.0. The fraction of sp³-hybridized carbons (Fsp3) is 0.526. The Bertz CT molecular complexity index is 732. The highest BCUT2D eigenvalue weighted by Crippen LogP contribution is 2.15. The number of rotatable bonds is 5. The van der Waals surface area contributed by atoms with Crippen LogP contribution < -0.4 is 11.1 Å². The Morgan fingerprint density at radius 3 is 2.69 bits per heavy atom. The van der Waals surface area contributed by atoms with Gasteiger partial charge in [-0.15, -0.1) is 34.2 Å². The number of benzene rings is 1. The third-order valence-corrected chi connectivity index (χ3v) is 4.52. The van der Waals surface area contributed by atoms with Crippen LogP contribution in [0.25, 0.3) is 0 Å². The summed E-state index contributed by atoms with van der Waals surface area (Å²) in [6, 6.07) is 6.28. The highest BCUT2D eigenvalue weighted by molar-refractivity contribution is 14.0. The Morgan fingerprint density at radius 1 is 1.15 bits per heavy atom. The van der Waals surface area contributed by atoms with E-state index in [-0.39, 0.29) is 24.0 Å². The largest absolute Gasteiger partial charge is 0.370 e. The molecular weight excluding hydrogens is 439 g/mol. The molecule has 26 heavy (non-hydrogen) atoms. The van der Waals surface area contributed by atoms with Crippen molar-refractivity contribution in [2.24, 2.45) is 10.7 Å². The minimum absolute atomic E-state index is 0. The van der Waals surface area contributed by atoms with Crippen LogP contribution in [0, 0.1) is 13.8 Å². The molecule has 142 valence electrons. The van der Waals surface area contributed by atoms with Crippen molar-refractivity contribution in [2.45, 2.75) is 58.9 Å². The lowest BCUT2D eigenvalue weighted by atomic mass is 10.1. The first-order chi connectivity index (χ1) is 12.1. The number of aryl methyl sites for hydroxylation is 4. The number of nitrogens with zero attached hydrogens (tertiary/aromatic N) is 4. The van der Waals surface area contributed by atoms with Gasteiger partial charge in [-0.25, -0.2) is 0 Å². The van der Waals surface area contributed by atoms with Crippen LogP contribution in [0.15, 0.2) is 23.2 Å². The fourth-order valence-corrected chi connectivity index (χ4v) is 3.40. The van der Waals surface area contributed by atoms with E-state index in [1.807, 2.05) is 0 Å². The monoisotopic (exact) mass is 468 g/mol. The summed E-state index contributed by atoms with van der Waals surface area (Å²) in [7, 11) is 0. The van der Waals surface area contributed by atoms with Gasteiger partial charge in [0.25, 0.3) is 0 Å². The predicted molar refractivity (Wildman–Crippen MR) is 117 cm³/mol. The number of hydrogen-bond donors (Lipinski definition) is 2. The molecule has 3 N–H and O–H groups in total. The number of aromatic nitrogens is 3. The van der Waals surface area contributed by atoms with E-state index in [2.05, 4.69) is 57.1 Å². The van der Waals surface area contributed by atoms with Gasteiger partial charge in [0, 0.05) is 31.6 Å². The Labute approximate surface area is 172 Å². The quantitative estimate of drug-likeness (QED) is 0.304. The first-order valence-corrected chi connectivity index (χ1v) is 9.18. The summed E-state index contributed by atoms with van der Waals surface area (Å²) in [5.74, 6) is 2.70. The second kappa shape index (κ2) is 9.89. The number of anilines is 1. The number of nitrogens with one attached hydrogen (secondary N) is 1. The average Bonchev–Trinajstić information content (AvgIpc) is 2.77. The minimum atomic E-state index is 0. The van der Waals surface area contributed by atoms with Gasteiger partial charge in [0.2, 0.25) is 0 Å². The average molecular weight is 468 g/mol. The molecule has 0 spiro atoms. The lowest BCUT2D eigenvalue weighted by Gasteiger charge is -2.08. The van der Waals surface area contributed by atoms with Gasteiger partial charge < -0.3 is 15.6 Å². The van der Waals surface area contributed by atoms with Crippen LogP contribution in [0.4, 0.5) is 5.69 Å². The summed E-state index contributed by atoms with van der Waals surface area (Å²) in [5, 5.41) is 11.9. The third-order valence-electron chi connectivity index (χ3n) is 4.52. The number of halogens is 1. The lowest BCUT2D eigenvalue weighted by molar-refractivity contribution is 0.598. The van der Waals surface area contributed by atoms with Gasteiger partial charge in [-0.2, -0.15) is 0 Å². The van der Waals surface area contributed by atoms with Crippen molar-refractivity contribution in [3.05, 3.63) is 41.0 Å².